The number of aliphatic hydroxyl groups excluding tert-OH is 1. The van der Waals surface area contributed by atoms with E-state index in [0.717, 1.165) is 9.87 Å². The molecule has 2 N–H and O–H groups in total. The number of nitrogens with zero attached hydrogens (tertiary/aromatic N) is 2. The summed E-state index contributed by atoms with van der Waals surface area (Å²) in [5.74, 6) is -2.45. The molecule has 4 rings (SSSR count). The number of nitrogens with one attached hydrogen (secondary N) is 1. The number of sulfonamides is 1. The van der Waals surface area contributed by atoms with Crippen LogP contribution in [0.15, 0.2) is 38.4 Å². The molecule has 1 aromatic heterocycles. The molecule has 0 aliphatic carbocycles. The lowest BCUT2D eigenvalue weighted by Gasteiger charge is -2.32. The number of fused-ring (bicyclic) bond motifs is 1. The number of aryl methyl sites for hydroxylation is 1. The van der Waals surface area contributed by atoms with E-state index in [1.165, 1.54) is 25.1 Å². The Morgan fingerprint density at radius 2 is 1.91 bits per heavy atom. The van der Waals surface area contributed by atoms with E-state index in [0.29, 0.717) is 5.56 Å². The van der Waals surface area contributed by atoms with E-state index in [1.807, 2.05) is 6.92 Å². The first-order valence-electron chi connectivity index (χ1n) is 10.9. The van der Waals surface area contributed by atoms with Gasteiger partial charge >= 0.3 is 5.76 Å². The Labute approximate surface area is 206 Å². The van der Waals surface area contributed by atoms with Crippen LogP contribution in [0.5, 0.6) is 5.75 Å². The third-order valence-corrected chi connectivity index (χ3v) is 8.58. The van der Waals surface area contributed by atoms with E-state index in [1.54, 1.807) is 19.9 Å². The normalized spacial score (nSPS) is 18.3. The summed E-state index contributed by atoms with van der Waals surface area (Å²) in [4.78, 5) is 11.6. The fourth-order valence-electron chi connectivity index (χ4n) is 4.55. The monoisotopic (exact) mass is 525 g/mol. The number of rotatable bonds is 5. The lowest BCUT2D eigenvalue weighted by Crippen LogP contribution is -2.39. The second-order valence-corrected chi connectivity index (χ2v) is 10.8. The summed E-state index contributed by atoms with van der Waals surface area (Å²) >= 11 is 6.23. The number of hydrogen-bond donors (Lipinski definition) is 2. The van der Waals surface area contributed by atoms with Gasteiger partial charge in [0, 0.05) is 18.0 Å². The highest BCUT2D eigenvalue weighted by atomic mass is 35.5. The fourth-order valence-corrected chi connectivity index (χ4v) is 6.63. The number of halogens is 2. The minimum atomic E-state index is -4.32. The maximum absolute atomic E-state index is 15.1. The van der Waals surface area contributed by atoms with E-state index in [2.05, 4.69) is 10.2 Å². The Morgan fingerprint density at radius 1 is 1.20 bits per heavy atom. The highest BCUT2D eigenvalue weighted by molar-refractivity contribution is 7.89. The molecular weight excluding hydrogens is 501 g/mol. The molecular formula is C23H25ClFN3O6S. The zero-order chi connectivity index (χ0) is 25.7. The van der Waals surface area contributed by atoms with Crippen molar-refractivity contribution in [1.29, 1.82) is 0 Å². The van der Waals surface area contributed by atoms with Gasteiger partial charge in [0.2, 0.25) is 15.9 Å². The van der Waals surface area contributed by atoms with E-state index in [4.69, 9.17) is 20.8 Å². The molecule has 2 heterocycles. The van der Waals surface area contributed by atoms with Crippen molar-refractivity contribution >= 4 is 21.6 Å². The van der Waals surface area contributed by atoms with Crippen molar-refractivity contribution in [1.82, 2.24) is 14.5 Å². The maximum atomic E-state index is 15.1. The van der Waals surface area contributed by atoms with Crippen LogP contribution in [0, 0.1) is 19.7 Å². The van der Waals surface area contributed by atoms with Gasteiger partial charge in [-0.25, -0.2) is 22.7 Å². The van der Waals surface area contributed by atoms with Gasteiger partial charge in [0.15, 0.2) is 0 Å². The van der Waals surface area contributed by atoms with Crippen LogP contribution >= 0.6 is 11.6 Å². The summed E-state index contributed by atoms with van der Waals surface area (Å²) in [6.07, 6.45) is -1.10. The number of benzene rings is 2. The van der Waals surface area contributed by atoms with E-state index >= 15 is 4.39 Å². The Bertz CT molecular complexity index is 1440. The third kappa shape index (κ3) is 4.37. The van der Waals surface area contributed by atoms with Crippen molar-refractivity contribution in [2.75, 3.05) is 13.2 Å². The van der Waals surface area contributed by atoms with Gasteiger partial charge in [0.1, 0.15) is 29.1 Å². The van der Waals surface area contributed by atoms with Crippen molar-refractivity contribution in [3.8, 4) is 5.75 Å². The highest BCUT2D eigenvalue weighted by Gasteiger charge is 2.43. The number of aromatic nitrogens is 2. The van der Waals surface area contributed by atoms with Gasteiger partial charge in [0.25, 0.3) is 0 Å². The molecule has 0 saturated carbocycles. The van der Waals surface area contributed by atoms with Gasteiger partial charge in [-0.15, -0.1) is 5.10 Å². The van der Waals surface area contributed by atoms with Gasteiger partial charge in [-0.2, -0.15) is 4.31 Å². The molecule has 0 amide bonds. The summed E-state index contributed by atoms with van der Waals surface area (Å²) < 4.78 is 55.1. The molecule has 188 valence electrons. The van der Waals surface area contributed by atoms with Gasteiger partial charge in [0.05, 0.1) is 11.1 Å². The first-order chi connectivity index (χ1) is 16.4. The Kier molecular flexibility index (Phi) is 6.80. The topological polar surface area (TPSA) is 126 Å². The smallest absolute Gasteiger partial charge is 0.434 e. The zero-order valence-electron chi connectivity index (χ0n) is 19.5. The van der Waals surface area contributed by atoms with Crippen LogP contribution in [-0.4, -0.2) is 41.2 Å². The van der Waals surface area contributed by atoms with Crippen LogP contribution < -0.4 is 10.5 Å². The molecule has 0 spiro atoms. The van der Waals surface area contributed by atoms with Crippen LogP contribution in [0.25, 0.3) is 0 Å². The van der Waals surface area contributed by atoms with Gasteiger partial charge < -0.3 is 14.3 Å². The second kappa shape index (κ2) is 9.38. The molecule has 3 aromatic rings. The van der Waals surface area contributed by atoms with E-state index < -0.39 is 39.7 Å². The maximum Gasteiger partial charge on any atom is 0.434 e. The van der Waals surface area contributed by atoms with E-state index in [9.17, 15) is 18.3 Å². The minimum Gasteiger partial charge on any atom is -0.490 e. The summed E-state index contributed by atoms with van der Waals surface area (Å²) in [7, 11) is -4.32. The number of aliphatic hydroxyl groups is 1. The van der Waals surface area contributed by atoms with Gasteiger partial charge in [-0.3, -0.25) is 0 Å². The van der Waals surface area contributed by atoms with Crippen molar-refractivity contribution in [2.24, 2.45) is 0 Å². The van der Waals surface area contributed by atoms with Gasteiger partial charge in [-0.1, -0.05) is 24.6 Å². The van der Waals surface area contributed by atoms with Crippen molar-refractivity contribution in [3.63, 3.8) is 0 Å². The number of aromatic amines is 1. The molecule has 0 bridgehead atoms. The van der Waals surface area contributed by atoms with Gasteiger partial charge in [-0.05, 0) is 55.7 Å². The second-order valence-electron chi connectivity index (χ2n) is 8.52. The molecule has 1 aliphatic rings. The number of H-pyrrole nitrogens is 1. The summed E-state index contributed by atoms with van der Waals surface area (Å²) in [5, 5.41) is 16.4. The molecule has 1 aliphatic heterocycles. The Hall–Kier alpha value is -2.73. The minimum absolute atomic E-state index is 0.0530. The lowest BCUT2D eigenvalue weighted by atomic mass is 9.87. The summed E-state index contributed by atoms with van der Waals surface area (Å²) in [5.41, 5.74) is 1.89. The molecule has 12 heteroatoms. The van der Waals surface area contributed by atoms with Crippen LogP contribution in [-0.2, 0) is 10.0 Å². The van der Waals surface area contributed by atoms with Crippen LogP contribution in [0.4, 0.5) is 4.39 Å². The predicted octanol–water partition coefficient (Wildman–Crippen LogP) is 3.75. The largest absolute Gasteiger partial charge is 0.490 e. The molecule has 2 aromatic carbocycles. The third-order valence-electron chi connectivity index (χ3n) is 6.35. The number of hydrogen-bond acceptors (Lipinski definition) is 7. The molecule has 0 radical (unpaired) electrons. The zero-order valence-corrected chi connectivity index (χ0v) is 21.1. The Morgan fingerprint density at radius 3 is 2.54 bits per heavy atom. The van der Waals surface area contributed by atoms with Crippen LogP contribution in [0.2, 0.25) is 5.02 Å². The molecule has 3 atom stereocenters. The first-order valence-corrected chi connectivity index (χ1v) is 12.7. The highest BCUT2D eigenvalue weighted by Crippen LogP contribution is 2.45. The number of ether oxygens (including phenoxy) is 1. The SMILES string of the molecule is Cc1ccc(F)c(C(C)[C@@H](c2n[nH]c(=O)o2)N2CCOc3c(ccc(Cl)c3[C@@H](C)O)S2(=O)=O)c1C. The lowest BCUT2D eigenvalue weighted by molar-refractivity contribution is 0.184. The average molecular weight is 526 g/mol. The van der Waals surface area contributed by atoms with Crippen LogP contribution in [0.1, 0.15) is 60.1 Å². The van der Waals surface area contributed by atoms with Crippen molar-refractivity contribution in [3.05, 3.63) is 73.8 Å². The molecule has 0 saturated heterocycles. The first kappa shape index (κ1) is 25.4. The molecule has 9 nitrogen and oxygen atoms in total. The summed E-state index contributed by atoms with van der Waals surface area (Å²) in [6, 6.07) is 4.42. The fraction of sp³-hybridized carbons (Fsp3) is 0.391. The summed E-state index contributed by atoms with van der Waals surface area (Å²) in [6.45, 7) is 6.41. The molecule has 1 unspecified atom stereocenters. The molecule has 35 heavy (non-hydrogen) atoms. The average Bonchev–Trinajstić information content (AvgIpc) is 3.15. The van der Waals surface area contributed by atoms with E-state index in [-0.39, 0.29) is 45.8 Å². The van der Waals surface area contributed by atoms with Crippen molar-refractivity contribution in [2.45, 2.75) is 50.7 Å². The Balaban J connectivity index is 1.94. The van der Waals surface area contributed by atoms with Crippen LogP contribution in [0.3, 0.4) is 0 Å². The predicted molar refractivity (Wildman–Crippen MR) is 126 cm³/mol. The molecule has 0 fully saturated rings. The standard InChI is InChI=1S/C23H25ClFN3O6S/c1-11-5-7-16(25)18(12(11)2)13(3)20(22-26-27-23(30)34-22)28-9-10-33-21-17(35(28,31)32)8-6-15(24)19(21)14(4)29/h5-8,13-14,20,29H,9-10H2,1-4H3,(H,27,30)/t13?,14-,20+/m1/s1. The quantitative estimate of drug-likeness (QED) is 0.519. The van der Waals surface area contributed by atoms with Crippen molar-refractivity contribution < 1.29 is 27.1 Å².